The third-order valence-corrected chi connectivity index (χ3v) is 3.44. The number of anilines is 2. The summed E-state index contributed by atoms with van der Waals surface area (Å²) in [5.74, 6) is 0.137. The Kier molecular flexibility index (Phi) is 5.26. The van der Waals surface area contributed by atoms with Crippen LogP contribution in [0.1, 0.15) is 11.1 Å². The van der Waals surface area contributed by atoms with Crippen LogP contribution in [0.15, 0.2) is 60.9 Å². The summed E-state index contributed by atoms with van der Waals surface area (Å²) in [6, 6.07) is 13.3. The lowest BCUT2D eigenvalue weighted by Gasteiger charge is -2.07. The molecule has 0 aliphatic rings. The average Bonchev–Trinajstić information content (AvgIpc) is 2.64. The topological polar surface area (TPSA) is 79.8 Å². The van der Waals surface area contributed by atoms with Crippen LogP contribution in [0.4, 0.5) is 16.0 Å². The largest absolute Gasteiger partial charge is 0.364 e. The number of hydrogen-bond donors (Lipinski definition) is 2. The van der Waals surface area contributed by atoms with E-state index >= 15 is 0 Å². The van der Waals surface area contributed by atoms with Crippen LogP contribution in [0.5, 0.6) is 0 Å². The van der Waals surface area contributed by atoms with Crippen molar-refractivity contribution in [3.8, 4) is 0 Å². The number of nitrogens with one attached hydrogen (secondary N) is 2. The van der Waals surface area contributed by atoms with Crippen molar-refractivity contribution in [1.29, 1.82) is 0 Å². The third-order valence-electron chi connectivity index (χ3n) is 3.44. The minimum Gasteiger partial charge on any atom is -0.364 e. The zero-order chi connectivity index (χ0) is 17.5. The van der Waals surface area contributed by atoms with Crippen molar-refractivity contribution in [2.24, 2.45) is 0 Å². The summed E-state index contributed by atoms with van der Waals surface area (Å²) in [5.41, 5.74) is 1.36. The van der Waals surface area contributed by atoms with Gasteiger partial charge in [0.05, 0.1) is 6.42 Å². The summed E-state index contributed by atoms with van der Waals surface area (Å²) < 4.78 is 13.5. The monoisotopic (exact) mass is 337 g/mol. The highest BCUT2D eigenvalue weighted by atomic mass is 19.1. The van der Waals surface area contributed by atoms with Gasteiger partial charge in [0.1, 0.15) is 11.6 Å². The van der Waals surface area contributed by atoms with Gasteiger partial charge in [-0.3, -0.25) is 9.78 Å². The van der Waals surface area contributed by atoms with E-state index in [-0.39, 0.29) is 12.3 Å². The molecule has 7 heteroatoms. The van der Waals surface area contributed by atoms with Gasteiger partial charge in [0.2, 0.25) is 5.91 Å². The van der Waals surface area contributed by atoms with Crippen LogP contribution in [0.3, 0.4) is 0 Å². The first-order chi connectivity index (χ1) is 12.2. The van der Waals surface area contributed by atoms with Crippen molar-refractivity contribution < 1.29 is 9.18 Å². The summed E-state index contributed by atoms with van der Waals surface area (Å²) >= 11 is 0. The van der Waals surface area contributed by atoms with Crippen molar-refractivity contribution in [1.82, 2.24) is 15.2 Å². The molecule has 2 aromatic heterocycles. The Morgan fingerprint density at radius 2 is 1.80 bits per heavy atom. The SMILES string of the molecule is O=C(Cc1ccccc1F)Nc1ccc(NCc2cccnc2)nn1. The molecule has 0 aliphatic heterocycles. The van der Waals surface area contributed by atoms with Crippen LogP contribution in [0.2, 0.25) is 0 Å². The number of rotatable bonds is 6. The fraction of sp³-hybridized carbons (Fsp3) is 0.111. The Bertz CT molecular complexity index is 840. The smallest absolute Gasteiger partial charge is 0.230 e. The molecule has 0 fully saturated rings. The molecule has 1 aromatic carbocycles. The lowest BCUT2D eigenvalue weighted by atomic mass is 10.1. The standard InChI is InChI=1S/C18H16FN5O/c19-15-6-2-1-5-14(15)10-18(25)22-17-8-7-16(23-24-17)21-12-13-4-3-9-20-11-13/h1-9,11H,10,12H2,(H,21,23)(H,22,24,25). The third kappa shape index (κ3) is 4.81. The molecule has 0 saturated carbocycles. The molecule has 3 rings (SSSR count). The van der Waals surface area contributed by atoms with Crippen LogP contribution in [-0.2, 0) is 17.8 Å². The molecule has 0 spiro atoms. The van der Waals surface area contributed by atoms with Crippen LogP contribution in [0, 0.1) is 5.82 Å². The average molecular weight is 337 g/mol. The summed E-state index contributed by atoms with van der Waals surface area (Å²) in [5, 5.41) is 13.7. The number of amides is 1. The maximum atomic E-state index is 13.5. The number of carbonyl (C=O) groups excluding carboxylic acids is 1. The number of nitrogens with zero attached hydrogens (tertiary/aromatic N) is 3. The molecule has 0 aliphatic carbocycles. The fourth-order valence-electron chi connectivity index (χ4n) is 2.19. The highest BCUT2D eigenvalue weighted by Crippen LogP contribution is 2.10. The Labute approximate surface area is 144 Å². The van der Waals surface area contributed by atoms with E-state index in [1.54, 1.807) is 42.7 Å². The van der Waals surface area contributed by atoms with Crippen molar-refractivity contribution in [2.45, 2.75) is 13.0 Å². The van der Waals surface area contributed by atoms with E-state index in [1.807, 2.05) is 12.1 Å². The summed E-state index contributed by atoms with van der Waals surface area (Å²) in [6.07, 6.45) is 3.41. The molecule has 126 valence electrons. The Balaban J connectivity index is 1.53. The van der Waals surface area contributed by atoms with Crippen LogP contribution < -0.4 is 10.6 Å². The molecular weight excluding hydrogens is 321 g/mol. The number of hydrogen-bond acceptors (Lipinski definition) is 5. The maximum Gasteiger partial charge on any atom is 0.230 e. The van der Waals surface area contributed by atoms with E-state index in [1.165, 1.54) is 6.07 Å². The summed E-state index contributed by atoms with van der Waals surface area (Å²) in [6.45, 7) is 0.571. The van der Waals surface area contributed by atoms with E-state index < -0.39 is 5.82 Å². The number of carbonyl (C=O) groups is 1. The van der Waals surface area contributed by atoms with Gasteiger partial charge in [0, 0.05) is 18.9 Å². The second-order valence-electron chi connectivity index (χ2n) is 5.34. The zero-order valence-corrected chi connectivity index (χ0v) is 13.3. The van der Waals surface area contributed by atoms with Crippen molar-refractivity contribution >= 4 is 17.5 Å². The van der Waals surface area contributed by atoms with Crippen LogP contribution in [0.25, 0.3) is 0 Å². The number of pyridine rings is 1. The van der Waals surface area contributed by atoms with Crippen molar-refractivity contribution in [3.05, 3.63) is 77.9 Å². The first-order valence-electron chi connectivity index (χ1n) is 7.70. The number of benzene rings is 1. The molecule has 0 bridgehead atoms. The normalized spacial score (nSPS) is 10.3. The maximum absolute atomic E-state index is 13.5. The molecular formula is C18H16FN5O. The molecule has 6 nitrogen and oxygen atoms in total. The van der Waals surface area contributed by atoms with Gasteiger partial charge in [-0.1, -0.05) is 24.3 Å². The molecule has 0 saturated heterocycles. The van der Waals surface area contributed by atoms with Gasteiger partial charge in [0.25, 0.3) is 0 Å². The molecule has 2 N–H and O–H groups in total. The second-order valence-corrected chi connectivity index (χ2v) is 5.34. The van der Waals surface area contributed by atoms with Crippen LogP contribution in [-0.4, -0.2) is 21.1 Å². The van der Waals surface area contributed by atoms with Gasteiger partial charge in [0.15, 0.2) is 5.82 Å². The summed E-state index contributed by atoms with van der Waals surface area (Å²) in [4.78, 5) is 16.0. The zero-order valence-electron chi connectivity index (χ0n) is 13.3. The van der Waals surface area contributed by atoms with Gasteiger partial charge in [-0.05, 0) is 35.4 Å². The number of halogens is 1. The second kappa shape index (κ2) is 7.96. The van der Waals surface area contributed by atoms with Gasteiger partial charge < -0.3 is 10.6 Å². The summed E-state index contributed by atoms with van der Waals surface area (Å²) in [7, 11) is 0. The van der Waals surface area contributed by atoms with E-state index in [2.05, 4.69) is 25.8 Å². The van der Waals surface area contributed by atoms with Crippen molar-refractivity contribution in [3.63, 3.8) is 0 Å². The Morgan fingerprint density at radius 3 is 2.52 bits per heavy atom. The minimum atomic E-state index is -0.404. The predicted molar refractivity (Wildman–Crippen MR) is 92.3 cm³/mol. The molecule has 0 atom stereocenters. The molecule has 25 heavy (non-hydrogen) atoms. The quantitative estimate of drug-likeness (QED) is 0.723. The molecule has 0 radical (unpaired) electrons. The van der Waals surface area contributed by atoms with Crippen molar-refractivity contribution in [2.75, 3.05) is 10.6 Å². The number of aromatic nitrogens is 3. The van der Waals surface area contributed by atoms with E-state index in [0.717, 1.165) is 5.56 Å². The van der Waals surface area contributed by atoms with Gasteiger partial charge >= 0.3 is 0 Å². The van der Waals surface area contributed by atoms with E-state index in [4.69, 9.17) is 0 Å². The predicted octanol–water partition coefficient (Wildman–Crippen LogP) is 2.80. The fourth-order valence-corrected chi connectivity index (χ4v) is 2.19. The van der Waals surface area contributed by atoms with Crippen LogP contribution >= 0.6 is 0 Å². The molecule has 1 amide bonds. The molecule has 2 heterocycles. The lowest BCUT2D eigenvalue weighted by molar-refractivity contribution is -0.115. The van der Waals surface area contributed by atoms with Gasteiger partial charge in [-0.25, -0.2) is 4.39 Å². The first-order valence-corrected chi connectivity index (χ1v) is 7.70. The molecule has 0 unspecified atom stereocenters. The van der Waals surface area contributed by atoms with Gasteiger partial charge in [-0.2, -0.15) is 0 Å². The molecule has 3 aromatic rings. The lowest BCUT2D eigenvalue weighted by Crippen LogP contribution is -2.16. The van der Waals surface area contributed by atoms with E-state index in [0.29, 0.717) is 23.7 Å². The highest BCUT2D eigenvalue weighted by Gasteiger charge is 2.09. The Morgan fingerprint density at radius 1 is 1.00 bits per heavy atom. The highest BCUT2D eigenvalue weighted by molar-refractivity contribution is 5.91. The minimum absolute atomic E-state index is 0.0602. The van der Waals surface area contributed by atoms with E-state index in [9.17, 15) is 9.18 Å². The Hall–Kier alpha value is -3.35. The van der Waals surface area contributed by atoms with Gasteiger partial charge in [-0.15, -0.1) is 10.2 Å². The first kappa shape index (κ1) is 16.5.